The van der Waals surface area contributed by atoms with Gasteiger partial charge in [0.15, 0.2) is 23.9 Å². The lowest BCUT2D eigenvalue weighted by Crippen LogP contribution is -2.23. The second-order valence-electron chi connectivity index (χ2n) is 5.21. The molecule has 0 aliphatic carbocycles. The maximum absolute atomic E-state index is 11.0. The van der Waals surface area contributed by atoms with Crippen molar-refractivity contribution in [2.75, 3.05) is 5.43 Å². The number of fused-ring (bicyclic) bond motifs is 1. The van der Waals surface area contributed by atoms with E-state index in [1.165, 1.54) is 18.7 Å². The number of hydrazone groups is 1. The Labute approximate surface area is 142 Å². The number of nitrogens with zero attached hydrogens (tertiary/aromatic N) is 6. The summed E-state index contributed by atoms with van der Waals surface area (Å²) in [5, 5.41) is 20.3. The van der Waals surface area contributed by atoms with Gasteiger partial charge in [0.2, 0.25) is 0 Å². The van der Waals surface area contributed by atoms with Gasteiger partial charge < -0.3 is 5.21 Å². The molecule has 25 heavy (non-hydrogen) atoms. The molecular formula is C17H13N7O. The Kier molecular flexibility index (Phi) is 3.76. The first-order chi connectivity index (χ1) is 12.3. The first-order valence-electron chi connectivity index (χ1n) is 7.53. The number of pyridine rings is 1. The molecule has 3 heterocycles. The van der Waals surface area contributed by atoms with E-state index < -0.39 is 0 Å². The summed E-state index contributed by atoms with van der Waals surface area (Å²) in [5.74, 6) is 0.554. The molecule has 8 nitrogen and oxygen atoms in total. The molecule has 4 aromatic rings. The van der Waals surface area contributed by atoms with E-state index in [-0.39, 0.29) is 0 Å². The molecule has 0 spiro atoms. The van der Waals surface area contributed by atoms with Crippen LogP contribution in [0.25, 0.3) is 16.7 Å². The molecule has 0 aliphatic rings. The summed E-state index contributed by atoms with van der Waals surface area (Å²) in [7, 11) is 0. The number of hydrogen-bond donors (Lipinski definition) is 1. The zero-order chi connectivity index (χ0) is 17.1. The van der Waals surface area contributed by atoms with E-state index in [9.17, 15) is 5.21 Å². The van der Waals surface area contributed by atoms with Gasteiger partial charge in [-0.3, -0.25) is 5.43 Å². The van der Waals surface area contributed by atoms with E-state index in [4.69, 9.17) is 0 Å². The minimum Gasteiger partial charge on any atom is -0.619 e. The smallest absolute Gasteiger partial charge is 0.181 e. The lowest BCUT2D eigenvalue weighted by Gasteiger charge is -2.03. The van der Waals surface area contributed by atoms with Crippen molar-refractivity contribution in [1.82, 2.24) is 19.7 Å². The van der Waals surface area contributed by atoms with Gasteiger partial charge in [0.05, 0.1) is 23.5 Å². The van der Waals surface area contributed by atoms with Crippen LogP contribution in [0.5, 0.6) is 0 Å². The Morgan fingerprint density at radius 3 is 2.68 bits per heavy atom. The Bertz CT molecular complexity index is 1030. The summed E-state index contributed by atoms with van der Waals surface area (Å²) < 4.78 is 2.47. The largest absolute Gasteiger partial charge is 0.619 e. The summed E-state index contributed by atoms with van der Waals surface area (Å²) in [5.41, 5.74) is 5.30. The van der Waals surface area contributed by atoms with Crippen molar-refractivity contribution in [2.45, 2.75) is 0 Å². The maximum atomic E-state index is 11.0. The van der Waals surface area contributed by atoms with Gasteiger partial charge in [-0.1, -0.05) is 18.2 Å². The van der Waals surface area contributed by atoms with Crippen LogP contribution in [-0.2, 0) is 0 Å². The second-order valence-corrected chi connectivity index (χ2v) is 5.21. The average Bonchev–Trinajstić information content (AvgIpc) is 3.09. The topological polar surface area (TPSA) is 94.9 Å². The van der Waals surface area contributed by atoms with Crippen molar-refractivity contribution in [3.05, 3.63) is 78.2 Å². The maximum Gasteiger partial charge on any atom is 0.181 e. The first-order valence-corrected chi connectivity index (χ1v) is 7.53. The van der Waals surface area contributed by atoms with E-state index >= 15 is 0 Å². The van der Waals surface area contributed by atoms with Gasteiger partial charge >= 0.3 is 0 Å². The third kappa shape index (κ3) is 3.00. The van der Waals surface area contributed by atoms with Crippen LogP contribution >= 0.6 is 0 Å². The predicted octanol–water partition coefficient (Wildman–Crippen LogP) is 1.89. The van der Waals surface area contributed by atoms with Crippen molar-refractivity contribution in [3.63, 3.8) is 0 Å². The van der Waals surface area contributed by atoms with Crippen LogP contribution < -0.4 is 10.2 Å². The average molecular weight is 331 g/mol. The number of benzene rings is 1. The highest BCUT2D eigenvalue weighted by Gasteiger charge is 2.10. The molecule has 122 valence electrons. The van der Waals surface area contributed by atoms with Gasteiger partial charge in [0.25, 0.3) is 0 Å². The summed E-state index contributed by atoms with van der Waals surface area (Å²) in [6.07, 6.45) is 7.59. The van der Waals surface area contributed by atoms with E-state index in [0.717, 1.165) is 21.4 Å². The zero-order valence-electron chi connectivity index (χ0n) is 13.0. The van der Waals surface area contributed by atoms with Crippen LogP contribution in [0.1, 0.15) is 5.56 Å². The summed E-state index contributed by atoms with van der Waals surface area (Å²) in [4.78, 5) is 8.53. The highest BCUT2D eigenvalue weighted by molar-refractivity contribution is 5.88. The van der Waals surface area contributed by atoms with E-state index in [1.54, 1.807) is 29.2 Å². The molecule has 0 bridgehead atoms. The Hall–Kier alpha value is -3.81. The number of para-hydroxylation sites is 1. The molecule has 4 rings (SSSR count). The predicted molar refractivity (Wildman–Crippen MR) is 93.3 cm³/mol. The summed E-state index contributed by atoms with van der Waals surface area (Å²) >= 11 is 0. The van der Waals surface area contributed by atoms with Crippen LogP contribution in [0.4, 0.5) is 5.82 Å². The molecule has 1 aromatic carbocycles. The first kappa shape index (κ1) is 14.8. The van der Waals surface area contributed by atoms with Crippen LogP contribution in [0.3, 0.4) is 0 Å². The Morgan fingerprint density at radius 1 is 1.08 bits per heavy atom. The van der Waals surface area contributed by atoms with Gasteiger partial charge in [-0.05, 0) is 12.1 Å². The van der Waals surface area contributed by atoms with Crippen molar-refractivity contribution in [1.29, 1.82) is 0 Å². The number of aromatic nitrogens is 5. The monoisotopic (exact) mass is 331 g/mol. The van der Waals surface area contributed by atoms with Gasteiger partial charge in [-0.15, -0.1) is 0 Å². The molecule has 0 unspecified atom stereocenters. The standard InChI is InChI=1S/C17H13N7O/c25-23-8-6-13(7-9-23)10-20-22-16-15-11-21-24(17(15)19-12-18-16)14-4-2-1-3-5-14/h1-12H,(H,18,19,22). The molecule has 0 amide bonds. The minimum atomic E-state index is 0.554. The van der Waals surface area contributed by atoms with Crippen molar-refractivity contribution >= 4 is 23.1 Å². The lowest BCUT2D eigenvalue weighted by atomic mass is 10.3. The molecule has 8 heteroatoms. The van der Waals surface area contributed by atoms with Crippen molar-refractivity contribution in [2.24, 2.45) is 5.10 Å². The van der Waals surface area contributed by atoms with Crippen molar-refractivity contribution < 1.29 is 4.73 Å². The minimum absolute atomic E-state index is 0.554. The van der Waals surface area contributed by atoms with E-state index in [2.05, 4.69) is 25.6 Å². The molecular weight excluding hydrogens is 318 g/mol. The molecule has 0 fully saturated rings. The van der Waals surface area contributed by atoms with Crippen molar-refractivity contribution in [3.8, 4) is 5.69 Å². The fraction of sp³-hybridized carbons (Fsp3) is 0. The highest BCUT2D eigenvalue weighted by atomic mass is 16.5. The molecule has 3 aromatic heterocycles. The highest BCUT2D eigenvalue weighted by Crippen LogP contribution is 2.21. The fourth-order valence-corrected chi connectivity index (χ4v) is 2.37. The number of hydrogen-bond acceptors (Lipinski definition) is 6. The van der Waals surface area contributed by atoms with E-state index in [1.807, 2.05) is 30.3 Å². The normalized spacial score (nSPS) is 11.2. The fourth-order valence-electron chi connectivity index (χ4n) is 2.37. The molecule has 0 saturated heterocycles. The van der Waals surface area contributed by atoms with Crippen LogP contribution in [0.2, 0.25) is 0 Å². The lowest BCUT2D eigenvalue weighted by molar-refractivity contribution is -0.605. The number of nitrogens with one attached hydrogen (secondary N) is 1. The number of rotatable bonds is 4. The SMILES string of the molecule is [O-][n+]1ccc(C=NNc2ncnc3c2cnn3-c2ccccc2)cc1. The van der Waals surface area contributed by atoms with Gasteiger partial charge in [-0.25, -0.2) is 14.6 Å². The molecule has 0 atom stereocenters. The van der Waals surface area contributed by atoms with Gasteiger partial charge in [0.1, 0.15) is 6.33 Å². The Balaban J connectivity index is 1.62. The molecule has 0 saturated carbocycles. The third-order valence-electron chi connectivity index (χ3n) is 3.58. The summed E-state index contributed by atoms with van der Waals surface area (Å²) in [6, 6.07) is 13.1. The van der Waals surface area contributed by atoms with Gasteiger partial charge in [-0.2, -0.15) is 14.9 Å². The summed E-state index contributed by atoms with van der Waals surface area (Å²) in [6.45, 7) is 0. The molecule has 1 N–H and O–H groups in total. The van der Waals surface area contributed by atoms with Gasteiger partial charge in [0, 0.05) is 17.7 Å². The Morgan fingerprint density at radius 2 is 1.88 bits per heavy atom. The molecule has 0 radical (unpaired) electrons. The van der Waals surface area contributed by atoms with E-state index in [0.29, 0.717) is 11.5 Å². The quantitative estimate of drug-likeness (QED) is 0.267. The second kappa shape index (κ2) is 6.36. The molecule has 0 aliphatic heterocycles. The van der Waals surface area contributed by atoms with Crippen LogP contribution in [-0.4, -0.2) is 26.0 Å². The van der Waals surface area contributed by atoms with Crippen LogP contribution in [0, 0.1) is 5.21 Å². The van der Waals surface area contributed by atoms with Crippen LogP contribution in [0.15, 0.2) is 72.5 Å². The number of anilines is 1. The zero-order valence-corrected chi connectivity index (χ0v) is 13.0. The third-order valence-corrected chi connectivity index (χ3v) is 3.58.